The average molecular weight is 311 g/mol. The highest BCUT2D eigenvalue weighted by atomic mass is 32.1. The van der Waals surface area contributed by atoms with Crippen molar-refractivity contribution in [2.24, 2.45) is 10.8 Å². The maximum Gasteiger partial charge on any atom is 0.237 e. The summed E-state index contributed by atoms with van der Waals surface area (Å²) in [6, 6.07) is -0.122. The molecule has 0 unspecified atom stereocenters. The molecule has 0 bridgehead atoms. The Bertz CT molecular complexity index is 443. The lowest BCUT2D eigenvalue weighted by Crippen LogP contribution is -2.55. The summed E-state index contributed by atoms with van der Waals surface area (Å²) in [6.45, 7) is 15.3. The smallest absolute Gasteiger partial charge is 0.237 e. The van der Waals surface area contributed by atoms with E-state index in [0.717, 1.165) is 5.01 Å². The lowest BCUT2D eigenvalue weighted by molar-refractivity contribution is -0.127. The normalized spacial score (nSPS) is 15.6. The molecule has 0 spiro atoms. The van der Waals surface area contributed by atoms with Crippen LogP contribution in [0.3, 0.4) is 0 Å². The van der Waals surface area contributed by atoms with Gasteiger partial charge in [0.1, 0.15) is 5.01 Å². The second-order valence-corrected chi connectivity index (χ2v) is 8.68. The predicted octanol–water partition coefficient (Wildman–Crippen LogP) is 3.20. The van der Waals surface area contributed by atoms with E-state index in [-0.39, 0.29) is 28.8 Å². The zero-order chi connectivity index (χ0) is 16.3. The highest BCUT2D eigenvalue weighted by molar-refractivity contribution is 7.09. The van der Waals surface area contributed by atoms with Crippen LogP contribution in [-0.2, 0) is 11.3 Å². The van der Waals surface area contributed by atoms with Crippen molar-refractivity contribution in [1.29, 1.82) is 0 Å². The van der Waals surface area contributed by atoms with E-state index < -0.39 is 0 Å². The molecule has 1 amide bonds. The van der Waals surface area contributed by atoms with Gasteiger partial charge in [0.2, 0.25) is 5.91 Å². The van der Waals surface area contributed by atoms with E-state index in [0.29, 0.717) is 6.54 Å². The van der Waals surface area contributed by atoms with Gasteiger partial charge in [0.05, 0.1) is 6.04 Å². The monoisotopic (exact) mass is 311 g/mol. The van der Waals surface area contributed by atoms with Gasteiger partial charge in [-0.1, -0.05) is 41.5 Å². The van der Waals surface area contributed by atoms with Gasteiger partial charge in [-0.15, -0.1) is 11.3 Å². The first kappa shape index (κ1) is 18.1. The summed E-state index contributed by atoms with van der Waals surface area (Å²) in [5, 5.41) is 9.44. The summed E-state index contributed by atoms with van der Waals surface area (Å²) in [5.74, 6) is 0.0569. The van der Waals surface area contributed by atoms with Crippen LogP contribution in [0.25, 0.3) is 0 Å². The minimum atomic E-state index is -0.244. The number of nitrogens with zero attached hydrogens (tertiary/aromatic N) is 1. The number of rotatable bonds is 5. The molecule has 120 valence electrons. The van der Waals surface area contributed by atoms with Crippen molar-refractivity contribution in [3.63, 3.8) is 0 Å². The molecule has 21 heavy (non-hydrogen) atoms. The second-order valence-electron chi connectivity index (χ2n) is 7.70. The van der Waals surface area contributed by atoms with Crippen LogP contribution in [0.2, 0.25) is 0 Å². The van der Waals surface area contributed by atoms with Crippen LogP contribution < -0.4 is 10.6 Å². The molecule has 5 heteroatoms. The van der Waals surface area contributed by atoms with Gasteiger partial charge in [0, 0.05) is 24.2 Å². The maximum absolute atomic E-state index is 12.6. The first-order valence-electron chi connectivity index (χ1n) is 7.44. The highest BCUT2D eigenvalue weighted by Gasteiger charge is 2.33. The molecular formula is C16H29N3OS. The zero-order valence-electron chi connectivity index (χ0n) is 14.3. The van der Waals surface area contributed by atoms with Crippen LogP contribution in [0.1, 0.15) is 53.5 Å². The van der Waals surface area contributed by atoms with Gasteiger partial charge in [-0.25, -0.2) is 4.98 Å². The van der Waals surface area contributed by atoms with Crippen LogP contribution >= 0.6 is 11.3 Å². The van der Waals surface area contributed by atoms with Crippen LogP contribution in [0.4, 0.5) is 0 Å². The van der Waals surface area contributed by atoms with Crippen molar-refractivity contribution in [1.82, 2.24) is 15.6 Å². The Labute approximate surface area is 132 Å². The van der Waals surface area contributed by atoms with Crippen molar-refractivity contribution in [2.45, 2.75) is 67.1 Å². The molecule has 0 aliphatic heterocycles. The number of hydrogen-bond donors (Lipinski definition) is 2. The van der Waals surface area contributed by atoms with E-state index in [9.17, 15) is 4.79 Å². The van der Waals surface area contributed by atoms with Gasteiger partial charge >= 0.3 is 0 Å². The Morgan fingerprint density at radius 3 is 2.29 bits per heavy atom. The molecule has 4 nitrogen and oxygen atoms in total. The van der Waals surface area contributed by atoms with E-state index in [2.05, 4.69) is 64.1 Å². The van der Waals surface area contributed by atoms with Crippen molar-refractivity contribution in [3.8, 4) is 0 Å². The largest absolute Gasteiger partial charge is 0.352 e. The van der Waals surface area contributed by atoms with Crippen LogP contribution in [0.15, 0.2) is 11.6 Å². The molecule has 0 aromatic carbocycles. The Morgan fingerprint density at radius 1 is 1.24 bits per heavy atom. The molecule has 0 radical (unpaired) electrons. The molecule has 1 aromatic rings. The third-order valence-electron chi connectivity index (χ3n) is 3.73. The van der Waals surface area contributed by atoms with E-state index >= 15 is 0 Å². The van der Waals surface area contributed by atoms with Crippen LogP contribution in [0, 0.1) is 10.8 Å². The number of amides is 1. The summed E-state index contributed by atoms with van der Waals surface area (Å²) in [5.41, 5.74) is -0.105. The lowest BCUT2D eigenvalue weighted by Gasteiger charge is -2.34. The minimum Gasteiger partial charge on any atom is -0.352 e. The lowest BCUT2D eigenvalue weighted by atomic mass is 9.84. The Kier molecular flexibility index (Phi) is 5.93. The summed E-state index contributed by atoms with van der Waals surface area (Å²) in [4.78, 5) is 16.9. The van der Waals surface area contributed by atoms with Gasteiger partial charge in [0.25, 0.3) is 0 Å². The van der Waals surface area contributed by atoms with Crippen molar-refractivity contribution >= 4 is 17.2 Å². The fourth-order valence-electron chi connectivity index (χ4n) is 1.84. The van der Waals surface area contributed by atoms with Gasteiger partial charge in [0.15, 0.2) is 0 Å². The minimum absolute atomic E-state index is 0.0490. The molecule has 0 aliphatic rings. The van der Waals surface area contributed by atoms with Crippen molar-refractivity contribution in [2.75, 3.05) is 0 Å². The molecule has 0 saturated carbocycles. The number of aromatic nitrogens is 1. The number of carbonyl (C=O) groups excluding carboxylic acids is 1. The second kappa shape index (κ2) is 6.88. The summed E-state index contributed by atoms with van der Waals surface area (Å²) < 4.78 is 0. The molecule has 1 aromatic heterocycles. The van der Waals surface area contributed by atoms with E-state index in [1.165, 1.54) is 0 Å². The maximum atomic E-state index is 12.6. The molecular weight excluding hydrogens is 282 g/mol. The van der Waals surface area contributed by atoms with Gasteiger partial charge < -0.3 is 5.32 Å². The fraction of sp³-hybridized carbons (Fsp3) is 0.750. The number of hydrogen-bond acceptors (Lipinski definition) is 4. The highest BCUT2D eigenvalue weighted by Crippen LogP contribution is 2.23. The summed E-state index contributed by atoms with van der Waals surface area (Å²) in [7, 11) is 0. The first-order chi connectivity index (χ1) is 9.51. The third kappa shape index (κ3) is 5.75. The number of carbonyl (C=O) groups is 1. The van der Waals surface area contributed by atoms with Gasteiger partial charge in [-0.3, -0.25) is 10.1 Å². The third-order valence-corrected chi connectivity index (χ3v) is 4.51. The van der Waals surface area contributed by atoms with Gasteiger partial charge in [-0.05, 0) is 17.8 Å². The molecule has 0 fully saturated rings. The molecule has 1 rings (SSSR count). The molecule has 2 atom stereocenters. The predicted molar refractivity (Wildman–Crippen MR) is 89.3 cm³/mol. The first-order valence-corrected chi connectivity index (χ1v) is 8.32. The van der Waals surface area contributed by atoms with E-state index in [4.69, 9.17) is 0 Å². The molecule has 1 heterocycles. The van der Waals surface area contributed by atoms with Crippen molar-refractivity contribution in [3.05, 3.63) is 16.6 Å². The Hall–Kier alpha value is -0.940. The van der Waals surface area contributed by atoms with Crippen LogP contribution in [0.5, 0.6) is 0 Å². The topological polar surface area (TPSA) is 54.0 Å². The van der Waals surface area contributed by atoms with Crippen LogP contribution in [-0.4, -0.2) is 23.0 Å². The summed E-state index contributed by atoms with van der Waals surface area (Å²) in [6.07, 6.45) is 1.79. The average Bonchev–Trinajstić information content (AvgIpc) is 2.78. The molecule has 0 saturated heterocycles. The quantitative estimate of drug-likeness (QED) is 0.878. The van der Waals surface area contributed by atoms with Gasteiger partial charge in [-0.2, -0.15) is 0 Å². The molecule has 2 N–H and O–H groups in total. The Morgan fingerprint density at radius 2 is 1.86 bits per heavy atom. The fourth-order valence-corrected chi connectivity index (χ4v) is 2.40. The standard InChI is InChI=1S/C16H29N3OS/c1-11(15(2,3)4)19-14(20)13(16(5,6)7)18-10-12-17-8-9-21-12/h8-9,11,13,18H,10H2,1-7H3,(H,19,20)/t11-,13-/m1/s1. The van der Waals surface area contributed by atoms with E-state index in [1.807, 2.05) is 5.38 Å². The zero-order valence-corrected chi connectivity index (χ0v) is 15.1. The van der Waals surface area contributed by atoms with Crippen molar-refractivity contribution < 1.29 is 4.79 Å². The SMILES string of the molecule is C[C@@H](NC(=O)[C@@H](NCc1nccs1)C(C)(C)C)C(C)(C)C. The van der Waals surface area contributed by atoms with E-state index in [1.54, 1.807) is 17.5 Å². The Balaban J connectivity index is 2.71. The number of nitrogens with one attached hydrogen (secondary N) is 2. The summed E-state index contributed by atoms with van der Waals surface area (Å²) >= 11 is 1.60. The molecule has 0 aliphatic carbocycles. The number of thiazole rings is 1.